The zero-order chi connectivity index (χ0) is 17.3. The molecule has 4 heterocycles. The SMILES string of the molecule is O=S(=O)(c1cnoc1)N1CCN(c2cc(-n3cccc3)ncn2)CC1. The lowest BCUT2D eigenvalue weighted by Crippen LogP contribution is -2.48. The average Bonchev–Trinajstić information content (AvgIpc) is 3.36. The summed E-state index contributed by atoms with van der Waals surface area (Å²) in [4.78, 5) is 10.7. The highest BCUT2D eigenvalue weighted by Gasteiger charge is 2.30. The third-order valence-corrected chi connectivity index (χ3v) is 5.96. The van der Waals surface area contributed by atoms with Crippen LogP contribution in [-0.4, -0.2) is 58.6 Å². The van der Waals surface area contributed by atoms with E-state index in [2.05, 4.69) is 19.6 Å². The van der Waals surface area contributed by atoms with E-state index in [1.54, 1.807) is 0 Å². The van der Waals surface area contributed by atoms with Crippen molar-refractivity contribution in [3.63, 3.8) is 0 Å². The molecule has 25 heavy (non-hydrogen) atoms. The normalized spacial score (nSPS) is 16.2. The molecule has 4 rings (SSSR count). The molecule has 3 aromatic heterocycles. The molecule has 9 nitrogen and oxygen atoms in total. The summed E-state index contributed by atoms with van der Waals surface area (Å²) in [5.74, 6) is 1.55. The van der Waals surface area contributed by atoms with E-state index < -0.39 is 10.0 Å². The number of piperazine rings is 1. The molecule has 10 heteroatoms. The number of sulfonamides is 1. The van der Waals surface area contributed by atoms with Crippen LogP contribution in [0.1, 0.15) is 0 Å². The van der Waals surface area contributed by atoms with Gasteiger partial charge in [0.05, 0.1) is 6.20 Å². The van der Waals surface area contributed by atoms with Crippen LogP contribution in [0.5, 0.6) is 0 Å². The monoisotopic (exact) mass is 360 g/mol. The van der Waals surface area contributed by atoms with E-state index in [1.807, 2.05) is 40.1 Å². The molecule has 130 valence electrons. The summed E-state index contributed by atoms with van der Waals surface area (Å²) in [5.41, 5.74) is 0. The van der Waals surface area contributed by atoms with Crippen LogP contribution in [0, 0.1) is 0 Å². The Morgan fingerprint density at radius 1 is 1.00 bits per heavy atom. The molecule has 0 aromatic carbocycles. The number of rotatable bonds is 4. The molecular weight excluding hydrogens is 344 g/mol. The second-order valence-electron chi connectivity index (χ2n) is 5.58. The maximum Gasteiger partial charge on any atom is 0.248 e. The van der Waals surface area contributed by atoms with Crippen LogP contribution in [0.25, 0.3) is 5.82 Å². The van der Waals surface area contributed by atoms with Crippen molar-refractivity contribution >= 4 is 15.8 Å². The van der Waals surface area contributed by atoms with Crippen LogP contribution in [0.4, 0.5) is 5.82 Å². The average molecular weight is 360 g/mol. The Kier molecular flexibility index (Phi) is 3.98. The molecule has 0 spiro atoms. The third kappa shape index (κ3) is 3.01. The van der Waals surface area contributed by atoms with Gasteiger partial charge in [-0.05, 0) is 12.1 Å². The third-order valence-electron chi connectivity index (χ3n) is 4.12. The minimum atomic E-state index is -3.55. The van der Waals surface area contributed by atoms with Gasteiger partial charge in [0.2, 0.25) is 10.0 Å². The van der Waals surface area contributed by atoms with Crippen molar-refractivity contribution in [1.29, 1.82) is 0 Å². The first-order valence-corrected chi connectivity index (χ1v) is 9.18. The van der Waals surface area contributed by atoms with Gasteiger partial charge in [-0.25, -0.2) is 18.4 Å². The Bertz CT molecular complexity index is 932. The molecule has 0 unspecified atom stereocenters. The molecule has 3 aromatic rings. The molecule has 1 aliphatic heterocycles. The number of anilines is 1. The molecule has 0 atom stereocenters. The van der Waals surface area contributed by atoms with Gasteiger partial charge in [0.15, 0.2) is 0 Å². The highest BCUT2D eigenvalue weighted by atomic mass is 32.2. The smallest absolute Gasteiger partial charge is 0.248 e. The fourth-order valence-corrected chi connectivity index (χ4v) is 4.05. The lowest BCUT2D eigenvalue weighted by molar-refractivity contribution is 0.382. The molecule has 0 bridgehead atoms. The van der Waals surface area contributed by atoms with Gasteiger partial charge < -0.3 is 14.0 Å². The number of hydrogen-bond donors (Lipinski definition) is 0. The van der Waals surface area contributed by atoms with Crippen LogP contribution in [0.3, 0.4) is 0 Å². The Hall–Kier alpha value is -2.72. The fourth-order valence-electron chi connectivity index (χ4n) is 2.77. The maximum atomic E-state index is 12.5. The van der Waals surface area contributed by atoms with Gasteiger partial charge in [0.25, 0.3) is 0 Å². The summed E-state index contributed by atoms with van der Waals surface area (Å²) in [5, 5.41) is 3.47. The summed E-state index contributed by atoms with van der Waals surface area (Å²) in [7, 11) is -3.55. The predicted octanol–water partition coefficient (Wildman–Crippen LogP) is 0.766. The largest absolute Gasteiger partial charge is 0.363 e. The van der Waals surface area contributed by atoms with Crippen LogP contribution in [-0.2, 0) is 10.0 Å². The van der Waals surface area contributed by atoms with Crippen LogP contribution >= 0.6 is 0 Å². The first-order valence-electron chi connectivity index (χ1n) is 7.74. The Labute approximate surface area is 144 Å². The van der Waals surface area contributed by atoms with E-state index >= 15 is 0 Å². The van der Waals surface area contributed by atoms with E-state index in [9.17, 15) is 8.42 Å². The van der Waals surface area contributed by atoms with Crippen molar-refractivity contribution in [3.05, 3.63) is 49.4 Å². The number of nitrogens with zero attached hydrogens (tertiary/aromatic N) is 6. The molecule has 0 N–H and O–H groups in total. The first kappa shape index (κ1) is 15.8. The van der Waals surface area contributed by atoms with Gasteiger partial charge in [-0.3, -0.25) is 0 Å². The summed E-state index contributed by atoms with van der Waals surface area (Å²) in [6.45, 7) is 1.84. The maximum absolute atomic E-state index is 12.5. The van der Waals surface area contributed by atoms with E-state index in [0.717, 1.165) is 17.9 Å². The number of hydrogen-bond acceptors (Lipinski definition) is 7. The standard InChI is InChI=1S/C15H16N6O3S/c22-25(23,13-10-18-24-11-13)21-7-5-20(6-8-21)15-9-14(16-12-17-15)19-3-1-2-4-19/h1-4,9-12H,5-8H2. The summed E-state index contributed by atoms with van der Waals surface area (Å²) >= 11 is 0. The lowest BCUT2D eigenvalue weighted by atomic mass is 10.3. The van der Waals surface area contributed by atoms with Crippen molar-refractivity contribution in [2.45, 2.75) is 4.90 Å². The number of aromatic nitrogens is 4. The van der Waals surface area contributed by atoms with Crippen LogP contribution in [0.2, 0.25) is 0 Å². The van der Waals surface area contributed by atoms with E-state index in [0.29, 0.717) is 26.2 Å². The Morgan fingerprint density at radius 2 is 1.72 bits per heavy atom. The zero-order valence-corrected chi connectivity index (χ0v) is 14.1. The van der Waals surface area contributed by atoms with Gasteiger partial charge in [0.1, 0.15) is 29.1 Å². The molecule has 1 aliphatic rings. The molecule has 1 saturated heterocycles. The second-order valence-corrected chi connectivity index (χ2v) is 7.51. The highest BCUT2D eigenvalue weighted by Crippen LogP contribution is 2.20. The topological polar surface area (TPSA) is 97.4 Å². The molecule has 0 aliphatic carbocycles. The Morgan fingerprint density at radius 3 is 2.40 bits per heavy atom. The summed E-state index contributed by atoms with van der Waals surface area (Å²) in [6.07, 6.45) is 7.71. The summed E-state index contributed by atoms with van der Waals surface area (Å²) in [6, 6.07) is 5.75. The second kappa shape index (κ2) is 6.30. The molecule has 0 radical (unpaired) electrons. The van der Waals surface area contributed by atoms with Crippen LogP contribution < -0.4 is 4.90 Å². The van der Waals surface area contributed by atoms with Crippen molar-refractivity contribution < 1.29 is 12.9 Å². The van der Waals surface area contributed by atoms with Crippen molar-refractivity contribution in [1.82, 2.24) is 24.0 Å². The van der Waals surface area contributed by atoms with Gasteiger partial charge in [-0.2, -0.15) is 4.31 Å². The molecule has 1 fully saturated rings. The van der Waals surface area contributed by atoms with Crippen molar-refractivity contribution in [2.75, 3.05) is 31.1 Å². The van der Waals surface area contributed by atoms with E-state index in [4.69, 9.17) is 0 Å². The van der Waals surface area contributed by atoms with Gasteiger partial charge in [-0.1, -0.05) is 5.16 Å². The lowest BCUT2D eigenvalue weighted by Gasteiger charge is -2.34. The van der Waals surface area contributed by atoms with Gasteiger partial charge in [-0.15, -0.1) is 0 Å². The molecule has 0 amide bonds. The molecule has 0 saturated carbocycles. The molecular formula is C15H16N6O3S. The highest BCUT2D eigenvalue weighted by molar-refractivity contribution is 7.89. The Balaban J connectivity index is 1.48. The van der Waals surface area contributed by atoms with Crippen molar-refractivity contribution in [2.24, 2.45) is 0 Å². The minimum Gasteiger partial charge on any atom is -0.363 e. The minimum absolute atomic E-state index is 0.0814. The van der Waals surface area contributed by atoms with E-state index in [-0.39, 0.29) is 4.90 Å². The van der Waals surface area contributed by atoms with Crippen LogP contribution in [0.15, 0.2) is 58.8 Å². The van der Waals surface area contributed by atoms with Gasteiger partial charge >= 0.3 is 0 Å². The van der Waals surface area contributed by atoms with E-state index in [1.165, 1.54) is 16.8 Å². The summed E-state index contributed by atoms with van der Waals surface area (Å²) < 4.78 is 32.9. The quantitative estimate of drug-likeness (QED) is 0.678. The zero-order valence-electron chi connectivity index (χ0n) is 13.3. The van der Waals surface area contributed by atoms with Crippen molar-refractivity contribution in [3.8, 4) is 5.82 Å². The predicted molar refractivity (Wildman–Crippen MR) is 88.8 cm³/mol. The first-order chi connectivity index (χ1) is 12.1. The fraction of sp³-hybridized carbons (Fsp3) is 0.267. The van der Waals surface area contributed by atoms with Gasteiger partial charge in [0, 0.05) is 44.6 Å².